The Morgan fingerprint density at radius 3 is 2.71 bits per heavy atom. The Hall–Kier alpha value is -2.73. The van der Waals surface area contributed by atoms with Crippen LogP contribution in [0.5, 0.6) is 0 Å². The number of benzene rings is 1. The number of hydrogen-bond acceptors (Lipinski definition) is 3. The summed E-state index contributed by atoms with van der Waals surface area (Å²) in [5.41, 5.74) is 11.5. The number of thiocarbonyl (C=S) groups is 1. The Morgan fingerprint density at radius 1 is 1.19 bits per heavy atom. The molecule has 0 saturated heterocycles. The van der Waals surface area contributed by atoms with Gasteiger partial charge in [0, 0.05) is 11.8 Å². The van der Waals surface area contributed by atoms with E-state index in [-0.39, 0.29) is 5.11 Å². The SMILES string of the molecule is NC(=S)N/N=C/c1c(-c2ccccc2)nc2ccccn12. The van der Waals surface area contributed by atoms with Crippen LogP contribution in [0, 0.1) is 0 Å². The average molecular weight is 295 g/mol. The maximum absolute atomic E-state index is 5.38. The summed E-state index contributed by atoms with van der Waals surface area (Å²) in [6, 6.07) is 15.8. The molecule has 2 heterocycles. The highest BCUT2D eigenvalue weighted by Crippen LogP contribution is 2.22. The van der Waals surface area contributed by atoms with Crippen molar-refractivity contribution in [1.29, 1.82) is 0 Å². The lowest BCUT2D eigenvalue weighted by molar-refractivity contribution is 1.04. The quantitative estimate of drug-likeness (QED) is 0.441. The van der Waals surface area contributed by atoms with Crippen molar-refractivity contribution in [2.24, 2.45) is 10.8 Å². The molecule has 0 spiro atoms. The maximum Gasteiger partial charge on any atom is 0.184 e. The zero-order valence-corrected chi connectivity index (χ0v) is 11.9. The lowest BCUT2D eigenvalue weighted by Gasteiger charge is -2.00. The minimum atomic E-state index is 0.126. The van der Waals surface area contributed by atoms with Gasteiger partial charge in [0.05, 0.1) is 17.6 Å². The molecule has 3 N–H and O–H groups in total. The van der Waals surface area contributed by atoms with Crippen LogP contribution in [-0.2, 0) is 0 Å². The number of hydrogen-bond donors (Lipinski definition) is 2. The third kappa shape index (κ3) is 2.75. The first kappa shape index (κ1) is 13.3. The molecule has 104 valence electrons. The second-order valence-electron chi connectivity index (χ2n) is 4.37. The second kappa shape index (κ2) is 5.72. The topological polar surface area (TPSA) is 67.7 Å². The predicted molar refractivity (Wildman–Crippen MR) is 88.1 cm³/mol. The number of nitrogens with one attached hydrogen (secondary N) is 1. The van der Waals surface area contributed by atoms with E-state index in [1.165, 1.54) is 0 Å². The lowest BCUT2D eigenvalue weighted by Crippen LogP contribution is -2.24. The molecule has 6 heteroatoms. The monoisotopic (exact) mass is 295 g/mol. The van der Waals surface area contributed by atoms with Gasteiger partial charge in [-0.25, -0.2) is 4.98 Å². The minimum absolute atomic E-state index is 0.126. The number of rotatable bonds is 3. The van der Waals surface area contributed by atoms with Crippen LogP contribution in [0.15, 0.2) is 59.8 Å². The van der Waals surface area contributed by atoms with Crippen LogP contribution < -0.4 is 11.2 Å². The summed E-state index contributed by atoms with van der Waals surface area (Å²) in [6.07, 6.45) is 3.61. The molecule has 21 heavy (non-hydrogen) atoms. The van der Waals surface area contributed by atoms with E-state index < -0.39 is 0 Å². The Morgan fingerprint density at radius 2 is 1.95 bits per heavy atom. The van der Waals surface area contributed by atoms with Crippen molar-refractivity contribution in [3.63, 3.8) is 0 Å². The van der Waals surface area contributed by atoms with Crippen LogP contribution in [0.25, 0.3) is 16.9 Å². The standard InChI is InChI=1S/C15H13N5S/c16-15(21)19-17-10-12-14(11-6-2-1-3-7-11)18-13-8-4-5-9-20(12)13/h1-10H,(H3,16,19,21)/b17-10+. The van der Waals surface area contributed by atoms with Gasteiger partial charge in [0.2, 0.25) is 0 Å². The van der Waals surface area contributed by atoms with Crippen molar-refractivity contribution in [3.8, 4) is 11.3 Å². The molecular formula is C15H13N5S. The predicted octanol–water partition coefficient (Wildman–Crippen LogP) is 2.17. The van der Waals surface area contributed by atoms with E-state index in [0.717, 1.165) is 22.6 Å². The highest BCUT2D eigenvalue weighted by molar-refractivity contribution is 7.80. The molecule has 0 aliphatic rings. The van der Waals surface area contributed by atoms with Gasteiger partial charge in [0.15, 0.2) is 5.11 Å². The Labute approximate surface area is 127 Å². The highest BCUT2D eigenvalue weighted by atomic mass is 32.1. The van der Waals surface area contributed by atoms with Crippen molar-refractivity contribution < 1.29 is 0 Å². The van der Waals surface area contributed by atoms with Crippen LogP contribution in [-0.4, -0.2) is 20.7 Å². The molecule has 3 aromatic rings. The smallest absolute Gasteiger partial charge is 0.184 e. The van der Waals surface area contributed by atoms with Gasteiger partial charge >= 0.3 is 0 Å². The van der Waals surface area contributed by atoms with Crippen molar-refractivity contribution in [1.82, 2.24) is 14.8 Å². The summed E-state index contributed by atoms with van der Waals surface area (Å²) in [4.78, 5) is 4.66. The first-order valence-corrected chi connectivity index (χ1v) is 6.77. The first-order chi connectivity index (χ1) is 10.3. The van der Waals surface area contributed by atoms with Gasteiger partial charge in [-0.05, 0) is 24.4 Å². The molecule has 0 atom stereocenters. The van der Waals surface area contributed by atoms with Gasteiger partial charge < -0.3 is 5.73 Å². The van der Waals surface area contributed by atoms with E-state index in [2.05, 4.69) is 15.5 Å². The molecule has 0 radical (unpaired) electrons. The van der Waals surface area contributed by atoms with Gasteiger partial charge in [-0.3, -0.25) is 9.83 Å². The minimum Gasteiger partial charge on any atom is -0.375 e. The largest absolute Gasteiger partial charge is 0.375 e. The summed E-state index contributed by atoms with van der Waals surface area (Å²) in [7, 11) is 0. The summed E-state index contributed by atoms with van der Waals surface area (Å²) in [5.74, 6) is 0. The second-order valence-corrected chi connectivity index (χ2v) is 4.81. The third-order valence-corrected chi connectivity index (χ3v) is 3.07. The zero-order valence-electron chi connectivity index (χ0n) is 11.1. The molecule has 0 amide bonds. The number of fused-ring (bicyclic) bond motifs is 1. The molecule has 5 nitrogen and oxygen atoms in total. The maximum atomic E-state index is 5.38. The van der Waals surface area contributed by atoms with Crippen molar-refractivity contribution in [2.45, 2.75) is 0 Å². The van der Waals surface area contributed by atoms with Crippen LogP contribution in [0.1, 0.15) is 5.69 Å². The van der Waals surface area contributed by atoms with E-state index >= 15 is 0 Å². The number of nitrogens with zero attached hydrogens (tertiary/aromatic N) is 3. The molecular weight excluding hydrogens is 282 g/mol. The number of imidazole rings is 1. The van der Waals surface area contributed by atoms with E-state index in [1.54, 1.807) is 6.21 Å². The van der Waals surface area contributed by atoms with Gasteiger partial charge in [0.25, 0.3) is 0 Å². The number of nitrogens with two attached hydrogens (primary N) is 1. The van der Waals surface area contributed by atoms with Crippen molar-refractivity contribution in [2.75, 3.05) is 0 Å². The molecule has 0 fully saturated rings. The van der Waals surface area contributed by atoms with Crippen molar-refractivity contribution >= 4 is 29.2 Å². The normalized spacial score (nSPS) is 11.0. The highest BCUT2D eigenvalue weighted by Gasteiger charge is 2.11. The first-order valence-electron chi connectivity index (χ1n) is 6.37. The molecule has 0 bridgehead atoms. The van der Waals surface area contributed by atoms with Crippen LogP contribution in [0.2, 0.25) is 0 Å². The van der Waals surface area contributed by atoms with Crippen LogP contribution >= 0.6 is 12.2 Å². The molecule has 0 aliphatic carbocycles. The number of aromatic nitrogens is 2. The van der Waals surface area contributed by atoms with E-state index in [4.69, 9.17) is 18.0 Å². The molecule has 2 aromatic heterocycles. The molecule has 3 rings (SSSR count). The molecule has 1 aromatic carbocycles. The van der Waals surface area contributed by atoms with E-state index in [0.29, 0.717) is 0 Å². The summed E-state index contributed by atoms with van der Waals surface area (Å²) >= 11 is 4.74. The summed E-state index contributed by atoms with van der Waals surface area (Å²) in [5, 5.41) is 4.17. The molecule has 0 aliphatic heterocycles. The number of hydrazone groups is 1. The fourth-order valence-corrected chi connectivity index (χ4v) is 2.16. The molecule has 0 saturated carbocycles. The van der Waals surface area contributed by atoms with E-state index in [1.807, 2.05) is 59.1 Å². The summed E-state index contributed by atoms with van der Waals surface area (Å²) < 4.78 is 1.97. The Bertz CT molecular complexity index is 807. The van der Waals surface area contributed by atoms with Gasteiger partial charge in [-0.2, -0.15) is 5.10 Å². The van der Waals surface area contributed by atoms with Gasteiger partial charge in [0.1, 0.15) is 5.65 Å². The number of pyridine rings is 1. The van der Waals surface area contributed by atoms with Gasteiger partial charge in [-0.1, -0.05) is 36.4 Å². The molecule has 0 unspecified atom stereocenters. The fourth-order valence-electron chi connectivity index (χ4n) is 2.10. The summed E-state index contributed by atoms with van der Waals surface area (Å²) in [6.45, 7) is 0. The Kier molecular flexibility index (Phi) is 3.61. The average Bonchev–Trinajstić information content (AvgIpc) is 2.87. The Balaban J connectivity index is 2.14. The van der Waals surface area contributed by atoms with Crippen LogP contribution in [0.4, 0.5) is 0 Å². The zero-order chi connectivity index (χ0) is 14.7. The van der Waals surface area contributed by atoms with Gasteiger partial charge in [-0.15, -0.1) is 0 Å². The van der Waals surface area contributed by atoms with E-state index in [9.17, 15) is 0 Å². The third-order valence-electron chi connectivity index (χ3n) is 2.98. The van der Waals surface area contributed by atoms with Crippen LogP contribution in [0.3, 0.4) is 0 Å². The lowest BCUT2D eigenvalue weighted by atomic mass is 10.1. The fraction of sp³-hybridized carbons (Fsp3) is 0. The van der Waals surface area contributed by atoms with Crippen molar-refractivity contribution in [3.05, 3.63) is 60.4 Å².